The van der Waals surface area contributed by atoms with Crippen LogP contribution in [0.4, 0.5) is 5.69 Å². The summed E-state index contributed by atoms with van der Waals surface area (Å²) in [5.74, 6) is -0.744. The summed E-state index contributed by atoms with van der Waals surface area (Å²) < 4.78 is 27.3. The third kappa shape index (κ3) is 5.51. The van der Waals surface area contributed by atoms with Crippen molar-refractivity contribution in [1.29, 1.82) is 0 Å². The monoisotopic (exact) mass is 443 g/mol. The zero-order valence-electron chi connectivity index (χ0n) is 17.9. The van der Waals surface area contributed by atoms with Crippen molar-refractivity contribution >= 4 is 27.5 Å². The lowest BCUT2D eigenvalue weighted by Crippen LogP contribution is -2.35. The number of hydrogen-bond donors (Lipinski definition) is 2. The van der Waals surface area contributed by atoms with Crippen LogP contribution in [0, 0.1) is 0 Å². The zero-order valence-corrected chi connectivity index (χ0v) is 18.7. The fraction of sp³-hybridized carbons (Fsp3) is 0.391. The van der Waals surface area contributed by atoms with Gasteiger partial charge in [0, 0.05) is 24.7 Å². The van der Waals surface area contributed by atoms with E-state index in [9.17, 15) is 18.0 Å². The van der Waals surface area contributed by atoms with Crippen molar-refractivity contribution in [1.82, 2.24) is 9.62 Å². The molecule has 2 aromatic carbocycles. The van der Waals surface area contributed by atoms with E-state index in [1.54, 1.807) is 36.4 Å². The predicted octanol–water partition coefficient (Wildman–Crippen LogP) is 3.64. The molecular formula is C23H29N3O4S. The molecule has 0 aromatic heterocycles. The summed E-state index contributed by atoms with van der Waals surface area (Å²) in [6.45, 7) is 4.88. The Morgan fingerprint density at radius 3 is 2.42 bits per heavy atom. The van der Waals surface area contributed by atoms with Gasteiger partial charge in [-0.15, -0.1) is 0 Å². The Bertz CT molecular complexity index is 1050. The van der Waals surface area contributed by atoms with Gasteiger partial charge >= 0.3 is 0 Å². The molecule has 0 spiro atoms. The molecule has 1 aliphatic rings. The topological polar surface area (TPSA) is 95.6 Å². The van der Waals surface area contributed by atoms with Crippen molar-refractivity contribution in [2.75, 3.05) is 18.4 Å². The minimum Gasteiger partial charge on any atom is -0.350 e. The van der Waals surface area contributed by atoms with Gasteiger partial charge in [-0.05, 0) is 56.5 Å². The highest BCUT2D eigenvalue weighted by molar-refractivity contribution is 7.89. The van der Waals surface area contributed by atoms with Crippen molar-refractivity contribution in [3.05, 3.63) is 59.7 Å². The van der Waals surface area contributed by atoms with Gasteiger partial charge in [-0.25, -0.2) is 8.42 Å². The smallest absolute Gasteiger partial charge is 0.255 e. The third-order valence-corrected chi connectivity index (χ3v) is 7.35. The first-order valence-corrected chi connectivity index (χ1v) is 12.1. The number of para-hydroxylation sites is 1. The van der Waals surface area contributed by atoms with Crippen molar-refractivity contribution < 1.29 is 18.0 Å². The summed E-state index contributed by atoms with van der Waals surface area (Å²) in [5.41, 5.74) is 0.945. The Labute approximate surface area is 183 Å². The van der Waals surface area contributed by atoms with Crippen LogP contribution >= 0.6 is 0 Å². The molecule has 0 bridgehead atoms. The number of rotatable bonds is 7. The van der Waals surface area contributed by atoms with E-state index < -0.39 is 15.9 Å². The highest BCUT2D eigenvalue weighted by atomic mass is 32.2. The number of amides is 2. The first-order valence-electron chi connectivity index (χ1n) is 10.6. The van der Waals surface area contributed by atoms with Gasteiger partial charge in [0.05, 0.1) is 16.1 Å². The molecule has 1 heterocycles. The molecule has 8 heteroatoms. The Morgan fingerprint density at radius 1 is 1.00 bits per heavy atom. The molecule has 7 nitrogen and oxygen atoms in total. The van der Waals surface area contributed by atoms with Crippen LogP contribution in [0.1, 0.15) is 60.2 Å². The van der Waals surface area contributed by atoms with E-state index in [2.05, 4.69) is 10.6 Å². The largest absolute Gasteiger partial charge is 0.350 e. The lowest BCUT2D eigenvalue weighted by atomic mass is 10.1. The minimum absolute atomic E-state index is 0.00735. The number of nitrogens with one attached hydrogen (secondary N) is 2. The zero-order chi connectivity index (χ0) is 22.4. The molecule has 0 radical (unpaired) electrons. The summed E-state index contributed by atoms with van der Waals surface area (Å²) >= 11 is 0. The lowest BCUT2D eigenvalue weighted by Gasteiger charge is -2.26. The van der Waals surface area contributed by atoms with Gasteiger partial charge in [0.15, 0.2) is 0 Å². The van der Waals surface area contributed by atoms with E-state index in [0.717, 1.165) is 25.7 Å². The fourth-order valence-electron chi connectivity index (χ4n) is 3.44. The average molecular weight is 444 g/mol. The molecule has 1 atom stereocenters. The quantitative estimate of drug-likeness (QED) is 0.683. The maximum atomic E-state index is 12.9. The lowest BCUT2D eigenvalue weighted by molar-refractivity contribution is 0.0940. The Kier molecular flexibility index (Phi) is 7.46. The first-order chi connectivity index (χ1) is 14.8. The highest BCUT2D eigenvalue weighted by Crippen LogP contribution is 2.22. The number of anilines is 1. The average Bonchev–Trinajstić information content (AvgIpc) is 2.80. The number of sulfonamides is 1. The molecule has 166 valence electrons. The van der Waals surface area contributed by atoms with Gasteiger partial charge in [0.25, 0.3) is 11.8 Å². The molecule has 0 unspecified atom stereocenters. The molecular weight excluding hydrogens is 414 g/mol. The molecule has 3 rings (SSSR count). The number of carbonyl (C=O) groups is 2. The van der Waals surface area contributed by atoms with E-state index in [4.69, 9.17) is 0 Å². The van der Waals surface area contributed by atoms with Crippen LogP contribution in [0.3, 0.4) is 0 Å². The second-order valence-corrected chi connectivity index (χ2v) is 9.71. The van der Waals surface area contributed by atoms with Crippen LogP contribution in [0.15, 0.2) is 53.4 Å². The van der Waals surface area contributed by atoms with Crippen LogP contribution in [0.5, 0.6) is 0 Å². The summed E-state index contributed by atoms with van der Waals surface area (Å²) in [7, 11) is -3.64. The molecule has 0 saturated carbocycles. The fourth-order valence-corrected chi connectivity index (χ4v) is 5.00. The number of benzene rings is 2. The van der Waals surface area contributed by atoms with Gasteiger partial charge in [0.2, 0.25) is 10.0 Å². The number of piperidine rings is 1. The van der Waals surface area contributed by atoms with Gasteiger partial charge in [-0.2, -0.15) is 4.31 Å². The Balaban J connectivity index is 1.81. The van der Waals surface area contributed by atoms with Crippen LogP contribution in [0.2, 0.25) is 0 Å². The van der Waals surface area contributed by atoms with Crippen LogP contribution in [-0.2, 0) is 10.0 Å². The van der Waals surface area contributed by atoms with E-state index in [1.165, 1.54) is 16.4 Å². The summed E-state index contributed by atoms with van der Waals surface area (Å²) in [6.07, 6.45) is 3.50. The maximum Gasteiger partial charge on any atom is 0.255 e. The van der Waals surface area contributed by atoms with E-state index in [0.29, 0.717) is 24.3 Å². The second kappa shape index (κ2) is 10.1. The number of carbonyl (C=O) groups excluding carboxylic acids is 2. The van der Waals surface area contributed by atoms with Crippen molar-refractivity contribution in [2.24, 2.45) is 0 Å². The molecule has 1 fully saturated rings. The third-order valence-electron chi connectivity index (χ3n) is 5.46. The maximum absolute atomic E-state index is 12.9. The summed E-state index contributed by atoms with van der Waals surface area (Å²) in [6, 6.07) is 12.8. The molecule has 1 saturated heterocycles. The van der Waals surface area contributed by atoms with Gasteiger partial charge in [-0.3, -0.25) is 9.59 Å². The summed E-state index contributed by atoms with van der Waals surface area (Å²) in [4.78, 5) is 25.5. The molecule has 1 aliphatic heterocycles. The summed E-state index contributed by atoms with van der Waals surface area (Å²) in [5, 5.41) is 5.64. The van der Waals surface area contributed by atoms with E-state index in [-0.39, 0.29) is 22.4 Å². The van der Waals surface area contributed by atoms with Gasteiger partial charge in [-0.1, -0.05) is 31.5 Å². The van der Waals surface area contributed by atoms with Crippen LogP contribution in [-0.4, -0.2) is 43.7 Å². The van der Waals surface area contributed by atoms with Crippen molar-refractivity contribution in [3.63, 3.8) is 0 Å². The molecule has 2 N–H and O–H groups in total. The second-order valence-electron chi connectivity index (χ2n) is 7.78. The Hall–Kier alpha value is -2.71. The molecule has 2 amide bonds. The van der Waals surface area contributed by atoms with Crippen LogP contribution < -0.4 is 10.6 Å². The van der Waals surface area contributed by atoms with E-state index >= 15 is 0 Å². The van der Waals surface area contributed by atoms with E-state index in [1.807, 2.05) is 13.8 Å². The molecule has 2 aromatic rings. The van der Waals surface area contributed by atoms with Gasteiger partial charge in [0.1, 0.15) is 0 Å². The SMILES string of the molecule is CC[C@@H](C)NC(=O)c1ccccc1NC(=O)c1cccc(S(=O)(=O)N2CCCCC2)c1. The minimum atomic E-state index is -3.64. The highest BCUT2D eigenvalue weighted by Gasteiger charge is 2.26. The first kappa shape index (κ1) is 23.0. The molecule has 31 heavy (non-hydrogen) atoms. The standard InChI is InChI=1S/C23H29N3O4S/c1-3-17(2)24-23(28)20-12-5-6-13-21(20)25-22(27)18-10-9-11-19(16-18)31(29,30)26-14-7-4-8-15-26/h5-6,9-13,16-17H,3-4,7-8,14-15H2,1-2H3,(H,24,28)(H,25,27)/t17-/m1/s1. The predicted molar refractivity (Wildman–Crippen MR) is 121 cm³/mol. The molecule has 0 aliphatic carbocycles. The number of hydrogen-bond acceptors (Lipinski definition) is 4. The Morgan fingerprint density at radius 2 is 1.71 bits per heavy atom. The normalized spacial score (nSPS) is 15.8. The van der Waals surface area contributed by atoms with Crippen molar-refractivity contribution in [2.45, 2.75) is 50.5 Å². The van der Waals surface area contributed by atoms with Gasteiger partial charge < -0.3 is 10.6 Å². The van der Waals surface area contributed by atoms with Crippen molar-refractivity contribution in [3.8, 4) is 0 Å². The van der Waals surface area contributed by atoms with Crippen LogP contribution in [0.25, 0.3) is 0 Å². The number of nitrogens with zero attached hydrogens (tertiary/aromatic N) is 1.